The number of carbonyl (C=O) groups is 4. The molecule has 16 atom stereocenters. The lowest BCUT2D eigenvalue weighted by molar-refractivity contribution is -0.352. The second-order valence-electron chi connectivity index (χ2n) is 18.7. The molecule has 2 heterocycles. The Balaban J connectivity index is 1.16. The third-order valence-electron chi connectivity index (χ3n) is 16.7. The van der Waals surface area contributed by atoms with Gasteiger partial charge in [0.2, 0.25) is 23.1 Å². The minimum atomic E-state index is -1.01. The molecule has 11 nitrogen and oxygen atoms in total. The van der Waals surface area contributed by atoms with E-state index >= 15 is 0 Å². The maximum Gasteiger partial charge on any atom is 0.203 e. The van der Waals surface area contributed by atoms with Gasteiger partial charge in [-0.2, -0.15) is 0 Å². The Kier molecular flexibility index (Phi) is 8.85. The van der Waals surface area contributed by atoms with Crippen LogP contribution in [-0.4, -0.2) is 76.4 Å². The lowest BCUT2D eigenvalue weighted by atomic mass is 9.40. The molecule has 2 saturated carbocycles. The summed E-state index contributed by atoms with van der Waals surface area (Å²) in [5.41, 5.74) is -1.75. The number of carbonyl (C=O) groups excluding carboxylic acids is 4. The van der Waals surface area contributed by atoms with Crippen LogP contribution in [0.4, 0.5) is 0 Å². The molecule has 2 aliphatic heterocycles. The van der Waals surface area contributed by atoms with Crippen LogP contribution >= 0.6 is 0 Å². The zero-order chi connectivity index (χ0) is 39.9. The molecule has 55 heavy (non-hydrogen) atoms. The van der Waals surface area contributed by atoms with E-state index < -0.39 is 46.1 Å². The molecule has 0 bridgehead atoms. The Hall–Kier alpha value is -3.28. The van der Waals surface area contributed by atoms with Crippen molar-refractivity contribution >= 4 is 23.1 Å². The van der Waals surface area contributed by atoms with Gasteiger partial charge in [0.25, 0.3) is 0 Å². The Morgan fingerprint density at radius 3 is 1.27 bits per heavy atom. The molecular formula is C44H58O11. The predicted molar refractivity (Wildman–Crippen MR) is 198 cm³/mol. The summed E-state index contributed by atoms with van der Waals surface area (Å²) in [6, 6.07) is 0. The first kappa shape index (κ1) is 38.6. The zero-order valence-corrected chi connectivity index (χ0v) is 34.4. The third-order valence-corrected chi connectivity index (χ3v) is 16.7. The van der Waals surface area contributed by atoms with E-state index in [9.17, 15) is 19.2 Å². The molecule has 2 unspecified atom stereocenters. The van der Waals surface area contributed by atoms with Crippen molar-refractivity contribution in [1.82, 2.24) is 0 Å². The molecule has 0 spiro atoms. The second kappa shape index (κ2) is 12.6. The molecule has 0 aromatic carbocycles. The zero-order valence-electron chi connectivity index (χ0n) is 34.4. The van der Waals surface area contributed by atoms with E-state index in [0.717, 1.165) is 11.1 Å². The van der Waals surface area contributed by atoms with Gasteiger partial charge in [-0.25, -0.2) is 0 Å². The second-order valence-corrected chi connectivity index (χ2v) is 18.7. The van der Waals surface area contributed by atoms with Crippen molar-refractivity contribution in [2.75, 3.05) is 28.4 Å². The van der Waals surface area contributed by atoms with E-state index in [4.69, 9.17) is 33.2 Å². The van der Waals surface area contributed by atoms with Gasteiger partial charge in [0.15, 0.2) is 35.6 Å². The maximum absolute atomic E-state index is 14.5. The fourth-order valence-corrected chi connectivity index (χ4v) is 14.2. The van der Waals surface area contributed by atoms with E-state index in [1.54, 1.807) is 0 Å². The SMILES string of the molecule is COC1=C[C@@H](C)[C@@H]2C[C@H]3OC(OC4C[C@H]5C(C)=C(OC)C(=O)[C@@H]6[C@@]7(C)C(=O)C(OC)=C[C@@H](C)[C@@H]7C[C@@H](O4)[C@]65C)C[C@H]4C(C)=C(OC)C(=O)[C@H]([C@@]2(C)C1=O)[C@@]34C. The van der Waals surface area contributed by atoms with Crippen LogP contribution < -0.4 is 0 Å². The first-order valence-corrected chi connectivity index (χ1v) is 20.1. The summed E-state index contributed by atoms with van der Waals surface area (Å²) in [7, 11) is 6.08. The molecule has 0 aromatic heterocycles. The summed E-state index contributed by atoms with van der Waals surface area (Å²) in [4.78, 5) is 57.6. The van der Waals surface area contributed by atoms with Crippen molar-refractivity contribution in [3.8, 4) is 0 Å². The van der Waals surface area contributed by atoms with Crippen LogP contribution in [0.5, 0.6) is 0 Å². The van der Waals surface area contributed by atoms with E-state index in [1.165, 1.54) is 28.4 Å². The average molecular weight is 763 g/mol. The highest BCUT2D eigenvalue weighted by Crippen LogP contribution is 2.70. The highest BCUT2D eigenvalue weighted by atomic mass is 16.8. The van der Waals surface area contributed by atoms with Gasteiger partial charge in [-0.05, 0) is 85.5 Å². The lowest BCUT2D eigenvalue weighted by Crippen LogP contribution is -2.70. The minimum absolute atomic E-state index is 0.0386. The fourth-order valence-electron chi connectivity index (χ4n) is 14.2. The molecule has 300 valence electrons. The van der Waals surface area contributed by atoms with Crippen LogP contribution in [0.2, 0.25) is 0 Å². The highest BCUT2D eigenvalue weighted by molar-refractivity contribution is 6.08. The van der Waals surface area contributed by atoms with Crippen LogP contribution in [-0.2, 0) is 52.3 Å². The summed E-state index contributed by atoms with van der Waals surface area (Å²) in [6.45, 7) is 16.2. The quantitative estimate of drug-likeness (QED) is 0.304. The van der Waals surface area contributed by atoms with E-state index in [1.807, 2.05) is 39.8 Å². The number of ketones is 4. The summed E-state index contributed by atoms with van der Waals surface area (Å²) in [5, 5.41) is 0. The largest absolute Gasteiger partial charge is 0.493 e. The summed E-state index contributed by atoms with van der Waals surface area (Å²) in [6.07, 6.45) is 3.68. The molecule has 6 aliphatic carbocycles. The normalized spacial score (nSPS) is 48.9. The number of Topliss-reactive ketones (excluding diaryl/α,β-unsaturated/α-hetero) is 4. The monoisotopic (exact) mass is 762 g/mol. The van der Waals surface area contributed by atoms with Crippen molar-refractivity contribution < 1.29 is 52.3 Å². The molecular weight excluding hydrogens is 704 g/mol. The van der Waals surface area contributed by atoms with Crippen molar-refractivity contribution in [1.29, 1.82) is 0 Å². The molecule has 11 heteroatoms. The van der Waals surface area contributed by atoms with Gasteiger partial charge in [0.05, 0.1) is 40.6 Å². The number of allylic oxidation sites excluding steroid dienone is 8. The van der Waals surface area contributed by atoms with E-state index in [2.05, 4.69) is 27.7 Å². The number of rotatable bonds is 6. The molecule has 2 saturated heterocycles. The van der Waals surface area contributed by atoms with Crippen LogP contribution in [0.1, 0.15) is 81.1 Å². The first-order valence-electron chi connectivity index (χ1n) is 20.1. The molecule has 0 N–H and O–H groups in total. The molecule has 8 rings (SSSR count). The molecule has 4 fully saturated rings. The Labute approximate surface area is 324 Å². The first-order chi connectivity index (χ1) is 25.9. The van der Waals surface area contributed by atoms with Crippen LogP contribution in [0.25, 0.3) is 0 Å². The average Bonchev–Trinajstić information content (AvgIpc) is 3.13. The molecule has 0 radical (unpaired) electrons. The summed E-state index contributed by atoms with van der Waals surface area (Å²) in [5.74, 6) is -1.51. The maximum atomic E-state index is 14.5. The van der Waals surface area contributed by atoms with Crippen molar-refractivity contribution in [3.63, 3.8) is 0 Å². The van der Waals surface area contributed by atoms with Gasteiger partial charge in [-0.15, -0.1) is 0 Å². The van der Waals surface area contributed by atoms with Crippen molar-refractivity contribution in [2.45, 2.75) is 106 Å². The number of hydrogen-bond donors (Lipinski definition) is 0. The van der Waals surface area contributed by atoms with Gasteiger partial charge in [0, 0.05) is 46.3 Å². The number of methoxy groups -OCH3 is 4. The molecule has 0 aromatic rings. The number of fused-ring (bicyclic) bond motifs is 4. The van der Waals surface area contributed by atoms with E-state index in [-0.39, 0.29) is 70.8 Å². The Bertz CT molecular complexity index is 1740. The topological polar surface area (TPSA) is 133 Å². The van der Waals surface area contributed by atoms with Gasteiger partial charge >= 0.3 is 0 Å². The van der Waals surface area contributed by atoms with Gasteiger partial charge < -0.3 is 33.2 Å². The van der Waals surface area contributed by atoms with Gasteiger partial charge in [0.1, 0.15) is 0 Å². The standard InChI is InChI=1S/C44H58O11/c1-19-13-27(49-9)39(47)43(7)23(19)15-29-41(5)25(21(3)35(51-11)33(45)37(41)43)17-31(53-29)55-32-18-26-22(4)36(52-12)34(46)38-42(26,6)30(54-32)16-24-20(2)14-28(50-10)40(48)44(24,38)8/h13-14,19-20,23-26,29-32,37-38H,15-18H2,1-12H3/t19-,20-,23+,24+,25+,26+,29-,30-,31?,32?,37+,38+,41-,42-,43+,44+/m1/s1. The predicted octanol–water partition coefficient (Wildman–Crippen LogP) is 6.27. The highest BCUT2D eigenvalue weighted by Gasteiger charge is 2.74. The number of hydrogen-bond acceptors (Lipinski definition) is 11. The lowest BCUT2D eigenvalue weighted by Gasteiger charge is -2.66. The summed E-state index contributed by atoms with van der Waals surface area (Å²) >= 11 is 0. The van der Waals surface area contributed by atoms with E-state index in [0.29, 0.717) is 48.7 Å². The third kappa shape index (κ3) is 4.66. The van der Waals surface area contributed by atoms with Gasteiger partial charge in [-0.1, -0.05) is 41.5 Å². The minimum Gasteiger partial charge on any atom is -0.493 e. The smallest absolute Gasteiger partial charge is 0.203 e. The molecule has 0 amide bonds. The van der Waals surface area contributed by atoms with Gasteiger partial charge in [-0.3, -0.25) is 19.2 Å². The fraction of sp³-hybridized carbons (Fsp3) is 0.727. The van der Waals surface area contributed by atoms with Crippen molar-refractivity contribution in [3.05, 3.63) is 46.3 Å². The van der Waals surface area contributed by atoms with Crippen LogP contribution in [0, 0.1) is 69.0 Å². The van der Waals surface area contributed by atoms with Crippen LogP contribution in [0.3, 0.4) is 0 Å². The van der Waals surface area contributed by atoms with Crippen molar-refractivity contribution in [2.24, 2.45) is 69.0 Å². The molecule has 8 aliphatic rings. The summed E-state index contributed by atoms with van der Waals surface area (Å²) < 4.78 is 43.8. The van der Waals surface area contributed by atoms with Crippen LogP contribution in [0.15, 0.2) is 46.3 Å². The Morgan fingerprint density at radius 1 is 0.582 bits per heavy atom. The number of ether oxygens (including phenoxy) is 7. The Morgan fingerprint density at radius 2 is 0.945 bits per heavy atom.